The molecule has 3 fully saturated rings. The number of nitrogens with zero attached hydrogens (tertiary/aromatic N) is 7. The molecule has 0 spiro atoms. The van der Waals surface area contributed by atoms with Crippen molar-refractivity contribution in [1.82, 2.24) is 35.3 Å². The molecule has 5 heterocycles. The molecule has 78 heavy (non-hydrogen) atoms. The van der Waals surface area contributed by atoms with E-state index in [2.05, 4.69) is 64.2 Å². The number of hydrogen-bond donors (Lipinski definition) is 2. The molecule has 2 N–H and O–H groups in total. The summed E-state index contributed by atoms with van der Waals surface area (Å²) in [4.78, 5) is 86.5. The van der Waals surface area contributed by atoms with E-state index in [0.29, 0.717) is 46.4 Å². The van der Waals surface area contributed by atoms with Crippen molar-refractivity contribution >= 4 is 58.4 Å². The zero-order valence-electron chi connectivity index (χ0n) is 45.7. The van der Waals surface area contributed by atoms with Crippen molar-refractivity contribution in [1.29, 1.82) is 5.26 Å². The molecule has 4 aliphatic rings. The Hall–Kier alpha value is -7.07. The summed E-state index contributed by atoms with van der Waals surface area (Å²) in [6, 6.07) is 21.9. The molecule has 19 heteroatoms. The van der Waals surface area contributed by atoms with E-state index >= 15 is 0 Å². The number of anilines is 1. The Morgan fingerprint density at radius 1 is 0.923 bits per heavy atom. The molecule has 5 aromatic rings. The third-order valence-corrected chi connectivity index (χ3v) is 17.2. The molecule has 1 aliphatic carbocycles. The van der Waals surface area contributed by atoms with Crippen molar-refractivity contribution in [3.05, 3.63) is 123 Å². The quantitative estimate of drug-likeness (QED) is 0.0845. The van der Waals surface area contributed by atoms with Crippen LogP contribution in [0.5, 0.6) is 11.5 Å². The fraction of sp³-hybridized carbons (Fsp3) is 0.458. The van der Waals surface area contributed by atoms with Gasteiger partial charge in [0, 0.05) is 87.3 Å². The van der Waals surface area contributed by atoms with Crippen LogP contribution in [-0.4, -0.2) is 130 Å². The van der Waals surface area contributed by atoms with Crippen molar-refractivity contribution in [2.45, 2.75) is 112 Å². The Morgan fingerprint density at radius 2 is 1.64 bits per heavy atom. The van der Waals surface area contributed by atoms with Crippen LogP contribution >= 0.6 is 22.9 Å². The normalized spacial score (nSPS) is 21.3. The molecule has 0 unspecified atom stereocenters. The number of aromatic nitrogens is 2. The molecule has 0 bridgehead atoms. The van der Waals surface area contributed by atoms with Gasteiger partial charge in [0.15, 0.2) is 0 Å². The Labute approximate surface area is 465 Å². The van der Waals surface area contributed by atoms with Crippen molar-refractivity contribution in [3.8, 4) is 28.0 Å². The number of piperazine rings is 1. The molecule has 2 aromatic heterocycles. The Kier molecular flexibility index (Phi) is 16.2. The smallest absolute Gasteiger partial charge is 0.302 e. The maximum atomic E-state index is 14.7. The number of likely N-dealkylation sites (tertiary alicyclic amines) is 1. The molecule has 0 radical (unpaired) electrons. The highest BCUT2D eigenvalue weighted by atomic mass is 35.5. The third kappa shape index (κ3) is 11.4. The number of esters is 1. The van der Waals surface area contributed by atoms with Crippen LogP contribution in [0.15, 0.2) is 84.5 Å². The number of carbonyl (C=O) groups is 5. The molecule has 3 aromatic carbocycles. The van der Waals surface area contributed by atoms with Crippen molar-refractivity contribution in [2.75, 3.05) is 50.8 Å². The first-order valence-corrected chi connectivity index (χ1v) is 27.9. The number of fused-ring (bicyclic) bond motifs is 1. The summed E-state index contributed by atoms with van der Waals surface area (Å²) in [6.45, 7) is 21.6. The van der Waals surface area contributed by atoms with E-state index in [9.17, 15) is 29.2 Å². The van der Waals surface area contributed by atoms with E-state index in [0.717, 1.165) is 59.3 Å². The second-order valence-electron chi connectivity index (χ2n) is 22.4. The van der Waals surface area contributed by atoms with Crippen molar-refractivity contribution < 1.29 is 38.2 Å². The minimum atomic E-state index is -0.920. The lowest BCUT2D eigenvalue weighted by atomic mass is 9.49. The second kappa shape index (κ2) is 22.7. The van der Waals surface area contributed by atoms with E-state index in [-0.39, 0.29) is 67.2 Å². The van der Waals surface area contributed by atoms with Gasteiger partial charge in [-0.25, -0.2) is 9.97 Å². The van der Waals surface area contributed by atoms with Crippen LogP contribution in [-0.2, 0) is 25.7 Å². The number of thiazole rings is 1. The van der Waals surface area contributed by atoms with E-state index in [1.165, 1.54) is 11.8 Å². The number of benzene rings is 3. The monoisotopic (exact) mass is 1100 g/mol. The lowest BCUT2D eigenvalue weighted by Gasteiger charge is -2.63. The molecule has 4 amide bonds. The molecule has 9 rings (SSSR count). The SMILES string of the molecule is CC(=O)O[C@@H]1C[C@@H](C(=O)N[C@@H](C)c2ccc(-c3scnc3C)cc2)N(C(=O)[C@H](C(C)C)N2Cc3ccc(OCCN4CCN(c5ccc(C(=O)N[C@H]6C(C)(C)[C@H](Oc7ccc(C#N)c(Cl)c7)C6(C)C)cn5)CC4)cc3C2=O)C1. The van der Waals surface area contributed by atoms with Gasteiger partial charge in [-0.05, 0) is 72.9 Å². The number of hydrogen-bond acceptors (Lipinski definition) is 14. The predicted molar refractivity (Wildman–Crippen MR) is 297 cm³/mol. The molecule has 4 atom stereocenters. The second-order valence-corrected chi connectivity index (χ2v) is 23.7. The number of nitriles is 1. The van der Waals surface area contributed by atoms with Gasteiger partial charge in [0.1, 0.15) is 54.3 Å². The van der Waals surface area contributed by atoms with E-state index in [1.54, 1.807) is 46.7 Å². The van der Waals surface area contributed by atoms with Crippen molar-refractivity contribution in [3.63, 3.8) is 0 Å². The number of carbonyl (C=O) groups excluding carboxylic acids is 5. The number of pyridine rings is 1. The lowest BCUT2D eigenvalue weighted by molar-refractivity contribution is -0.164. The zero-order chi connectivity index (χ0) is 55.8. The minimum Gasteiger partial charge on any atom is -0.492 e. The fourth-order valence-electron chi connectivity index (χ4n) is 12.1. The molecule has 2 saturated heterocycles. The van der Waals surface area contributed by atoms with Gasteiger partial charge in [-0.1, -0.05) is 83.5 Å². The van der Waals surface area contributed by atoms with Crippen LogP contribution in [0, 0.1) is 35.0 Å². The van der Waals surface area contributed by atoms with Crippen LogP contribution < -0.4 is 25.0 Å². The number of rotatable bonds is 17. The highest BCUT2D eigenvalue weighted by Crippen LogP contribution is 2.55. The number of amides is 4. The van der Waals surface area contributed by atoms with Crippen LogP contribution in [0.4, 0.5) is 5.82 Å². The highest BCUT2D eigenvalue weighted by molar-refractivity contribution is 7.13. The highest BCUT2D eigenvalue weighted by Gasteiger charge is 2.64. The molecule has 410 valence electrons. The van der Waals surface area contributed by atoms with E-state index < -0.39 is 35.0 Å². The average molecular weight is 1100 g/mol. The topological polar surface area (TPSA) is 200 Å². The van der Waals surface area contributed by atoms with Gasteiger partial charge in [0.25, 0.3) is 11.8 Å². The van der Waals surface area contributed by atoms with Crippen LogP contribution in [0.2, 0.25) is 5.02 Å². The fourth-order valence-corrected chi connectivity index (χ4v) is 13.1. The molecule has 1 saturated carbocycles. The first kappa shape index (κ1) is 55.7. The Balaban J connectivity index is 0.751. The minimum absolute atomic E-state index is 0.0292. The summed E-state index contributed by atoms with van der Waals surface area (Å²) in [5.74, 6) is -0.122. The predicted octanol–water partition coefficient (Wildman–Crippen LogP) is 8.24. The molecular weight excluding hydrogens is 1030 g/mol. The van der Waals surface area contributed by atoms with Gasteiger partial charge >= 0.3 is 5.97 Å². The van der Waals surface area contributed by atoms with Gasteiger partial charge in [0.05, 0.1) is 44.8 Å². The van der Waals surface area contributed by atoms with E-state index in [4.69, 9.17) is 25.8 Å². The van der Waals surface area contributed by atoms with Crippen LogP contribution in [0.25, 0.3) is 10.4 Å². The van der Waals surface area contributed by atoms with Crippen molar-refractivity contribution in [2.24, 2.45) is 16.7 Å². The summed E-state index contributed by atoms with van der Waals surface area (Å²) in [5, 5.41) is 15.9. The van der Waals surface area contributed by atoms with Gasteiger partial charge in [-0.2, -0.15) is 5.26 Å². The maximum Gasteiger partial charge on any atom is 0.302 e. The first-order chi connectivity index (χ1) is 37.1. The van der Waals surface area contributed by atoms with Gasteiger partial charge in [-0.15, -0.1) is 11.3 Å². The zero-order valence-corrected chi connectivity index (χ0v) is 47.2. The molecule has 3 aliphatic heterocycles. The Morgan fingerprint density at radius 3 is 2.27 bits per heavy atom. The third-order valence-electron chi connectivity index (χ3n) is 15.9. The van der Waals surface area contributed by atoms with Crippen LogP contribution in [0.3, 0.4) is 0 Å². The van der Waals surface area contributed by atoms with Crippen LogP contribution in [0.1, 0.15) is 111 Å². The largest absolute Gasteiger partial charge is 0.492 e. The summed E-state index contributed by atoms with van der Waals surface area (Å²) in [7, 11) is 0. The number of halogens is 1. The summed E-state index contributed by atoms with van der Waals surface area (Å²) in [5.41, 5.74) is 6.00. The standard InChI is InChI=1S/C59H68ClN9O8S/c1-34(2)50(55(74)68-32-45(76-37(5)70)28-48(68)53(72)64-35(3)38-10-12-39(13-11-38)51-36(4)63-33-78-51)69-31-42-15-17-43(26-46(42)54(69)73)75-25-24-66-20-22-67(23-21-66)49-19-16-41(30-62-49)52(71)65-56-58(6,7)57(59(56,8)9)77-44-18-14-40(29-61)47(60)27-44/h10-19,26-27,30,33-35,45,48,50,56-57H,20-25,28,31-32H2,1-9H3,(H,64,72)(H,65,71)/t35-,45+,48-,50-,56-,57-/m0/s1. The summed E-state index contributed by atoms with van der Waals surface area (Å²) < 4.78 is 18.2. The number of aryl methyl sites for hydroxylation is 1. The molecule has 17 nitrogen and oxygen atoms in total. The van der Waals surface area contributed by atoms with Gasteiger partial charge in [0.2, 0.25) is 11.8 Å². The van der Waals surface area contributed by atoms with Gasteiger partial charge in [-0.3, -0.25) is 28.9 Å². The average Bonchev–Trinajstić information content (AvgIpc) is 4.24. The van der Waals surface area contributed by atoms with Gasteiger partial charge < -0.3 is 39.5 Å². The Bertz CT molecular complexity index is 3100. The van der Waals surface area contributed by atoms with E-state index in [1.807, 2.05) is 81.7 Å². The summed E-state index contributed by atoms with van der Waals surface area (Å²) >= 11 is 7.84. The lowest BCUT2D eigenvalue weighted by Crippen LogP contribution is -2.74. The first-order valence-electron chi connectivity index (χ1n) is 26.6. The number of nitrogens with one attached hydrogen (secondary N) is 2. The number of ether oxygens (including phenoxy) is 3. The molecular formula is C59H68ClN9O8S. The summed E-state index contributed by atoms with van der Waals surface area (Å²) in [6.07, 6.45) is 0.855. The maximum absolute atomic E-state index is 14.7.